The Morgan fingerprint density at radius 1 is 1.36 bits per heavy atom. The molecule has 3 rings (SSSR count). The first-order chi connectivity index (χ1) is 10.6. The molecule has 0 aliphatic heterocycles. The summed E-state index contributed by atoms with van der Waals surface area (Å²) < 4.78 is 5.36. The van der Waals surface area contributed by atoms with Crippen molar-refractivity contribution >= 4 is 33.3 Å². The number of thiazole rings is 1. The summed E-state index contributed by atoms with van der Waals surface area (Å²) in [4.78, 5) is 28.7. The average molecular weight is 314 g/mol. The van der Waals surface area contributed by atoms with E-state index in [1.807, 2.05) is 25.1 Å². The first-order valence-corrected chi connectivity index (χ1v) is 7.70. The molecule has 0 atom stereocenters. The van der Waals surface area contributed by atoms with Gasteiger partial charge in [-0.2, -0.15) is 0 Å². The van der Waals surface area contributed by atoms with Crippen LogP contribution in [0.15, 0.2) is 39.5 Å². The molecule has 0 saturated heterocycles. The monoisotopic (exact) mass is 314 g/mol. The minimum Gasteiger partial charge on any atom is -0.422 e. The van der Waals surface area contributed by atoms with Crippen LogP contribution in [-0.2, 0) is 11.2 Å². The summed E-state index contributed by atoms with van der Waals surface area (Å²) in [7, 11) is 0. The quantitative estimate of drug-likeness (QED) is 0.752. The van der Waals surface area contributed by atoms with Gasteiger partial charge in [-0.3, -0.25) is 4.79 Å². The number of aromatic nitrogens is 1. The molecule has 5 nitrogen and oxygen atoms in total. The van der Waals surface area contributed by atoms with E-state index in [2.05, 4.69) is 10.3 Å². The summed E-state index contributed by atoms with van der Waals surface area (Å²) in [5, 5.41) is 4.00. The summed E-state index contributed by atoms with van der Waals surface area (Å²) in [6, 6.07) is 9.13. The number of hydrogen-bond donors (Lipinski definition) is 1. The SMILES string of the molecule is CCc1sc(NC(C)=O)nc1-c1cc2ccccc2oc1=O. The predicted octanol–water partition coefficient (Wildman–Crippen LogP) is 3.44. The third-order valence-corrected chi connectivity index (χ3v) is 4.31. The zero-order valence-electron chi connectivity index (χ0n) is 12.2. The Hall–Kier alpha value is -2.47. The predicted molar refractivity (Wildman–Crippen MR) is 87.3 cm³/mol. The fourth-order valence-electron chi connectivity index (χ4n) is 2.23. The van der Waals surface area contributed by atoms with Gasteiger partial charge in [-0.15, -0.1) is 11.3 Å². The first kappa shape index (κ1) is 14.5. The third kappa shape index (κ3) is 2.65. The number of benzene rings is 1. The van der Waals surface area contributed by atoms with E-state index < -0.39 is 5.63 Å². The molecule has 22 heavy (non-hydrogen) atoms. The number of amides is 1. The highest BCUT2D eigenvalue weighted by Crippen LogP contribution is 2.31. The number of nitrogens with one attached hydrogen (secondary N) is 1. The smallest absolute Gasteiger partial charge is 0.345 e. The van der Waals surface area contributed by atoms with Crippen LogP contribution in [0.25, 0.3) is 22.2 Å². The van der Waals surface area contributed by atoms with Crippen LogP contribution in [0.5, 0.6) is 0 Å². The molecule has 0 saturated carbocycles. The molecule has 0 aliphatic carbocycles. The van der Waals surface area contributed by atoms with Gasteiger partial charge >= 0.3 is 5.63 Å². The molecule has 1 amide bonds. The number of carbonyl (C=O) groups is 1. The normalized spacial score (nSPS) is 10.8. The van der Waals surface area contributed by atoms with Crippen LogP contribution in [0.2, 0.25) is 0 Å². The zero-order valence-corrected chi connectivity index (χ0v) is 13.0. The van der Waals surface area contributed by atoms with Crippen molar-refractivity contribution < 1.29 is 9.21 Å². The Kier molecular flexibility index (Phi) is 3.77. The lowest BCUT2D eigenvalue weighted by Crippen LogP contribution is -2.06. The lowest BCUT2D eigenvalue weighted by molar-refractivity contribution is -0.114. The average Bonchev–Trinajstić information content (AvgIpc) is 2.88. The fourth-order valence-corrected chi connectivity index (χ4v) is 3.19. The van der Waals surface area contributed by atoms with Crippen molar-refractivity contribution in [3.05, 3.63) is 45.6 Å². The first-order valence-electron chi connectivity index (χ1n) is 6.89. The molecular formula is C16H14N2O3S. The van der Waals surface area contributed by atoms with Crippen molar-refractivity contribution in [3.8, 4) is 11.3 Å². The molecule has 0 fully saturated rings. The van der Waals surface area contributed by atoms with Gasteiger partial charge in [0.2, 0.25) is 5.91 Å². The van der Waals surface area contributed by atoms with Gasteiger partial charge in [0.1, 0.15) is 5.58 Å². The zero-order chi connectivity index (χ0) is 15.7. The summed E-state index contributed by atoms with van der Waals surface area (Å²) in [6.07, 6.45) is 0.721. The van der Waals surface area contributed by atoms with Crippen molar-refractivity contribution in [1.29, 1.82) is 0 Å². The highest BCUT2D eigenvalue weighted by molar-refractivity contribution is 7.16. The van der Waals surface area contributed by atoms with Crippen LogP contribution in [0.3, 0.4) is 0 Å². The Labute approximate surface area is 130 Å². The van der Waals surface area contributed by atoms with Crippen molar-refractivity contribution in [3.63, 3.8) is 0 Å². The Balaban J connectivity index is 2.18. The molecule has 1 aromatic carbocycles. The van der Waals surface area contributed by atoms with Crippen LogP contribution in [-0.4, -0.2) is 10.9 Å². The maximum absolute atomic E-state index is 12.2. The maximum Gasteiger partial charge on any atom is 0.345 e. The molecule has 3 aromatic rings. The highest BCUT2D eigenvalue weighted by Gasteiger charge is 2.17. The van der Waals surface area contributed by atoms with Crippen LogP contribution in [0.4, 0.5) is 5.13 Å². The summed E-state index contributed by atoms with van der Waals surface area (Å²) >= 11 is 1.37. The van der Waals surface area contributed by atoms with E-state index in [0.29, 0.717) is 22.0 Å². The van der Waals surface area contributed by atoms with E-state index in [1.54, 1.807) is 12.1 Å². The van der Waals surface area contributed by atoms with Gasteiger partial charge in [0.15, 0.2) is 5.13 Å². The van der Waals surface area contributed by atoms with Crippen LogP contribution in [0.1, 0.15) is 18.7 Å². The van der Waals surface area contributed by atoms with Gasteiger partial charge in [0, 0.05) is 17.2 Å². The number of aryl methyl sites for hydroxylation is 1. The minimum atomic E-state index is -0.423. The van der Waals surface area contributed by atoms with E-state index in [9.17, 15) is 9.59 Å². The van der Waals surface area contributed by atoms with Gasteiger partial charge in [-0.25, -0.2) is 9.78 Å². The number of nitrogens with zero attached hydrogens (tertiary/aromatic N) is 1. The van der Waals surface area contributed by atoms with Gasteiger partial charge in [0.25, 0.3) is 0 Å². The van der Waals surface area contributed by atoms with Gasteiger partial charge in [0.05, 0.1) is 11.3 Å². The topological polar surface area (TPSA) is 72.2 Å². The van der Waals surface area contributed by atoms with Crippen LogP contribution < -0.4 is 10.9 Å². The summed E-state index contributed by atoms with van der Waals surface area (Å²) in [5.74, 6) is -0.187. The van der Waals surface area contributed by atoms with Gasteiger partial charge < -0.3 is 9.73 Å². The molecular weight excluding hydrogens is 300 g/mol. The van der Waals surface area contributed by atoms with Gasteiger partial charge in [-0.05, 0) is 18.6 Å². The number of para-hydroxylation sites is 1. The van der Waals surface area contributed by atoms with E-state index in [0.717, 1.165) is 16.7 Å². The standard InChI is InChI=1S/C16H14N2O3S/c1-3-13-14(18-16(22-13)17-9(2)19)11-8-10-6-4-5-7-12(10)21-15(11)20/h4-8H,3H2,1-2H3,(H,17,18,19). The molecule has 2 aromatic heterocycles. The molecule has 112 valence electrons. The van der Waals surface area contributed by atoms with Crippen molar-refractivity contribution in [1.82, 2.24) is 4.98 Å². The number of hydrogen-bond acceptors (Lipinski definition) is 5. The third-order valence-electron chi connectivity index (χ3n) is 3.20. The largest absolute Gasteiger partial charge is 0.422 e. The van der Waals surface area contributed by atoms with Crippen LogP contribution in [0, 0.1) is 0 Å². The number of anilines is 1. The van der Waals surface area contributed by atoms with E-state index in [-0.39, 0.29) is 5.91 Å². The van der Waals surface area contributed by atoms with E-state index >= 15 is 0 Å². The highest BCUT2D eigenvalue weighted by atomic mass is 32.1. The Bertz CT molecular complexity index is 911. The second-order valence-corrected chi connectivity index (χ2v) is 5.89. The van der Waals surface area contributed by atoms with Gasteiger partial charge in [-0.1, -0.05) is 25.1 Å². The lowest BCUT2D eigenvalue weighted by Gasteiger charge is -2.01. The minimum absolute atomic E-state index is 0.187. The van der Waals surface area contributed by atoms with Crippen LogP contribution >= 0.6 is 11.3 Å². The molecule has 0 spiro atoms. The number of rotatable bonds is 3. The molecule has 1 N–H and O–H groups in total. The molecule has 2 heterocycles. The summed E-state index contributed by atoms with van der Waals surface area (Å²) in [6.45, 7) is 3.41. The van der Waals surface area contributed by atoms with Crippen molar-refractivity contribution in [2.24, 2.45) is 0 Å². The lowest BCUT2D eigenvalue weighted by atomic mass is 10.1. The Morgan fingerprint density at radius 2 is 2.14 bits per heavy atom. The second-order valence-electron chi connectivity index (χ2n) is 4.81. The second kappa shape index (κ2) is 5.73. The van der Waals surface area contributed by atoms with Crippen molar-refractivity contribution in [2.75, 3.05) is 5.32 Å². The number of fused-ring (bicyclic) bond motifs is 1. The number of carbonyl (C=O) groups excluding carboxylic acids is 1. The fraction of sp³-hybridized carbons (Fsp3) is 0.188. The maximum atomic E-state index is 12.2. The summed E-state index contributed by atoms with van der Waals surface area (Å²) in [5.41, 5.74) is 1.12. The van der Waals surface area contributed by atoms with Crippen molar-refractivity contribution in [2.45, 2.75) is 20.3 Å². The van der Waals surface area contributed by atoms with E-state index in [4.69, 9.17) is 4.42 Å². The molecule has 0 radical (unpaired) electrons. The van der Waals surface area contributed by atoms with E-state index in [1.165, 1.54) is 18.3 Å². The Morgan fingerprint density at radius 3 is 2.86 bits per heavy atom. The molecule has 0 unspecified atom stereocenters. The molecule has 6 heteroatoms. The molecule has 0 aliphatic rings. The molecule has 0 bridgehead atoms.